The summed E-state index contributed by atoms with van der Waals surface area (Å²) in [6.07, 6.45) is 0. The molecule has 1 amide bonds. The van der Waals surface area contributed by atoms with Crippen LogP contribution in [0.2, 0.25) is 0 Å². The Balaban J connectivity index is 0.000000487. The number of hydrogen-bond acceptors (Lipinski definition) is 4. The van der Waals surface area contributed by atoms with E-state index in [1.165, 1.54) is 0 Å². The van der Waals surface area contributed by atoms with Crippen molar-refractivity contribution in [2.45, 2.75) is 6.92 Å². The monoisotopic (exact) mass is 321 g/mol. The van der Waals surface area contributed by atoms with Gasteiger partial charge < -0.3 is 5.11 Å². The first-order valence-corrected chi connectivity index (χ1v) is 10.9. The number of aliphatic carboxylic acids is 1. The number of rotatable bonds is 2. The van der Waals surface area contributed by atoms with Gasteiger partial charge in [-0.1, -0.05) is 0 Å². The van der Waals surface area contributed by atoms with Gasteiger partial charge >= 0.3 is 84.7 Å². The molecule has 16 heavy (non-hydrogen) atoms. The number of carboxylic acid groups (broad SMARTS) is 1. The summed E-state index contributed by atoms with van der Waals surface area (Å²) in [5.41, 5.74) is 5.60. The number of primary amides is 1. The molecule has 0 fully saturated rings. The number of hydrogen-bond donors (Lipinski definition) is 4. The normalized spacial score (nSPS) is 9.25. The summed E-state index contributed by atoms with van der Waals surface area (Å²) in [5.74, 6) is -1.24. The molecule has 1 aromatic rings. The molecule has 0 saturated carbocycles. The van der Waals surface area contributed by atoms with Gasteiger partial charge in [-0.25, -0.2) is 0 Å². The van der Waals surface area contributed by atoms with Crippen LogP contribution in [0.3, 0.4) is 0 Å². The number of amides is 1. The zero-order valence-corrected chi connectivity index (χ0v) is 12.2. The third-order valence-corrected chi connectivity index (χ3v) is 5.38. The van der Waals surface area contributed by atoms with Crippen LogP contribution in [-0.4, -0.2) is 29.3 Å². The van der Waals surface area contributed by atoms with E-state index in [0.717, 1.165) is 11.3 Å². The third-order valence-electron chi connectivity index (χ3n) is 1.38. The van der Waals surface area contributed by atoms with E-state index in [4.69, 9.17) is 15.6 Å². The molecule has 0 bridgehead atoms. The second-order valence-corrected chi connectivity index (χ2v) is 10.8. The average Bonchev–Trinajstić information content (AvgIpc) is 2.17. The summed E-state index contributed by atoms with van der Waals surface area (Å²) in [5, 5.41) is 7.42. The van der Waals surface area contributed by atoms with Gasteiger partial charge in [0.25, 0.3) is 5.97 Å². The van der Waals surface area contributed by atoms with Crippen molar-refractivity contribution in [1.29, 1.82) is 0 Å². The van der Waals surface area contributed by atoms with E-state index in [0.29, 0.717) is 5.56 Å². The van der Waals surface area contributed by atoms with Crippen LogP contribution in [0.1, 0.15) is 17.3 Å². The Morgan fingerprint density at radius 1 is 1.25 bits per heavy atom. The number of nitrogens with two attached hydrogens (primary N) is 1. The van der Waals surface area contributed by atoms with Crippen molar-refractivity contribution in [3.63, 3.8) is 0 Å². The predicted molar refractivity (Wildman–Crippen MR) is 71.6 cm³/mol. The summed E-state index contributed by atoms with van der Waals surface area (Å²) < 4.78 is 1.10. The fraction of sp³-hybridized carbons (Fsp3) is 0.111. The van der Waals surface area contributed by atoms with Crippen molar-refractivity contribution in [2.24, 2.45) is 5.73 Å². The van der Waals surface area contributed by atoms with Crippen molar-refractivity contribution in [3.05, 3.63) is 29.8 Å². The first-order valence-electron chi connectivity index (χ1n) is 4.12. The molecule has 0 unspecified atom stereocenters. The zero-order valence-electron chi connectivity index (χ0n) is 8.49. The van der Waals surface area contributed by atoms with E-state index in [9.17, 15) is 4.79 Å². The third kappa shape index (κ3) is 6.82. The molecule has 0 aliphatic rings. The zero-order chi connectivity index (χ0) is 12.7. The van der Waals surface area contributed by atoms with E-state index in [1.54, 1.807) is 12.1 Å². The van der Waals surface area contributed by atoms with Crippen molar-refractivity contribution in [1.82, 2.24) is 0 Å². The van der Waals surface area contributed by atoms with Gasteiger partial charge in [-0.3, -0.25) is 4.79 Å². The topological polar surface area (TPSA) is 80.4 Å². The molecular weight excluding hydrogens is 309 g/mol. The predicted octanol–water partition coefficient (Wildman–Crippen LogP) is 0.431. The minimum absolute atomic E-state index is 0.404. The van der Waals surface area contributed by atoms with Crippen LogP contribution in [0.4, 0.5) is 0 Å². The van der Waals surface area contributed by atoms with Gasteiger partial charge in [-0.05, 0) is 0 Å². The number of thiol groups is 2. The maximum absolute atomic E-state index is 10.7. The average molecular weight is 321 g/mol. The van der Waals surface area contributed by atoms with E-state index in [-0.39, 0.29) is 0 Å². The molecule has 4 nitrogen and oxygen atoms in total. The van der Waals surface area contributed by atoms with Gasteiger partial charge in [-0.15, -0.1) is 0 Å². The second-order valence-electron chi connectivity index (χ2n) is 2.72. The van der Waals surface area contributed by atoms with Gasteiger partial charge in [0.1, 0.15) is 0 Å². The Labute approximate surface area is 107 Å². The van der Waals surface area contributed by atoms with Crippen molar-refractivity contribution in [3.8, 4) is 0 Å². The molecular formula is C9H12AsNO3S2. The standard InChI is InChI=1S/C7H8AsNOS2.C2H4O2/c9-7(10)5-1-3-6(4-2-5)8(11)12;1-2(3)4/h1-4,11-12H,(H2,9,10);1H3,(H,3,4). The van der Waals surface area contributed by atoms with Gasteiger partial charge in [-0.2, -0.15) is 0 Å². The van der Waals surface area contributed by atoms with Crippen molar-refractivity contribution in [2.75, 3.05) is 0 Å². The van der Waals surface area contributed by atoms with E-state index >= 15 is 0 Å². The van der Waals surface area contributed by atoms with Crippen LogP contribution in [-0.2, 0) is 4.79 Å². The fourth-order valence-corrected chi connectivity index (χ4v) is 3.02. The Morgan fingerprint density at radius 2 is 1.62 bits per heavy atom. The molecule has 0 saturated heterocycles. The number of carboxylic acids is 1. The molecule has 1 aromatic carbocycles. The molecule has 0 spiro atoms. The first-order chi connectivity index (χ1) is 7.34. The van der Waals surface area contributed by atoms with Crippen molar-refractivity contribution < 1.29 is 14.7 Å². The number of benzene rings is 1. The van der Waals surface area contributed by atoms with Crippen LogP contribution in [0.15, 0.2) is 24.3 Å². The van der Waals surface area contributed by atoms with E-state index in [1.807, 2.05) is 12.1 Å². The molecule has 0 aliphatic carbocycles. The van der Waals surface area contributed by atoms with Crippen LogP contribution in [0, 0.1) is 0 Å². The van der Waals surface area contributed by atoms with Gasteiger partial charge in [0.05, 0.1) is 0 Å². The summed E-state index contributed by atoms with van der Waals surface area (Å²) in [7, 11) is 8.53. The number of carbonyl (C=O) groups is 2. The Kier molecular flexibility index (Phi) is 7.37. The first kappa shape index (κ1) is 15.4. The molecule has 0 aliphatic heterocycles. The van der Waals surface area contributed by atoms with Crippen LogP contribution in [0.5, 0.6) is 0 Å². The quantitative estimate of drug-likeness (QED) is 0.471. The Bertz CT molecular complexity index is 364. The molecule has 0 atom stereocenters. The number of carbonyl (C=O) groups excluding carboxylic acids is 1. The van der Waals surface area contributed by atoms with Crippen LogP contribution >= 0.6 is 21.8 Å². The SMILES string of the molecule is CC(=O)O.NC(=O)c1ccc([As](S)S)cc1. The maximum atomic E-state index is 10.7. The Hall–Kier alpha value is -0.582. The van der Waals surface area contributed by atoms with Gasteiger partial charge in [0.2, 0.25) is 0 Å². The van der Waals surface area contributed by atoms with Crippen LogP contribution < -0.4 is 10.1 Å². The van der Waals surface area contributed by atoms with Crippen LogP contribution in [0.25, 0.3) is 0 Å². The van der Waals surface area contributed by atoms with E-state index in [2.05, 4.69) is 21.8 Å². The fourth-order valence-electron chi connectivity index (χ4n) is 0.759. The van der Waals surface area contributed by atoms with E-state index < -0.39 is 24.2 Å². The van der Waals surface area contributed by atoms with Gasteiger partial charge in [0.15, 0.2) is 0 Å². The minimum atomic E-state index is -1.41. The molecule has 88 valence electrons. The van der Waals surface area contributed by atoms with Crippen molar-refractivity contribution >= 4 is 50.3 Å². The summed E-state index contributed by atoms with van der Waals surface area (Å²) in [4.78, 5) is 19.7. The molecule has 1 rings (SSSR count). The molecule has 0 radical (unpaired) electrons. The summed E-state index contributed by atoms with van der Waals surface area (Å²) in [6, 6.07) is 7.10. The van der Waals surface area contributed by atoms with Gasteiger partial charge in [0, 0.05) is 6.92 Å². The molecule has 0 heterocycles. The summed E-state index contributed by atoms with van der Waals surface area (Å²) in [6.45, 7) is 1.08. The summed E-state index contributed by atoms with van der Waals surface area (Å²) >= 11 is -1.41. The molecule has 0 aromatic heterocycles. The second kappa shape index (κ2) is 7.65. The Morgan fingerprint density at radius 3 is 1.88 bits per heavy atom. The molecule has 3 N–H and O–H groups in total. The molecule has 7 heteroatoms.